The smallest absolute Gasteiger partial charge is 0.320 e. The number of benzene rings is 1. The first-order chi connectivity index (χ1) is 10.9. The Bertz CT molecular complexity index is 752. The number of aromatic amines is 1. The highest BCUT2D eigenvalue weighted by molar-refractivity contribution is 6.04. The summed E-state index contributed by atoms with van der Waals surface area (Å²) < 4.78 is 38.8. The number of hydrogen-bond acceptors (Lipinski definition) is 3. The number of rotatable bonds is 2. The maximum atomic E-state index is 12.9. The van der Waals surface area contributed by atoms with Gasteiger partial charge in [-0.1, -0.05) is 6.07 Å². The second-order valence-electron chi connectivity index (χ2n) is 5.39. The lowest BCUT2D eigenvalue weighted by Crippen LogP contribution is -2.25. The van der Waals surface area contributed by atoms with Crippen LogP contribution in [0.1, 0.15) is 32.9 Å². The van der Waals surface area contributed by atoms with Gasteiger partial charge in [-0.25, -0.2) is 0 Å². The molecule has 1 aromatic heterocycles. The van der Waals surface area contributed by atoms with Gasteiger partial charge in [0.05, 0.1) is 5.56 Å². The molecule has 23 heavy (non-hydrogen) atoms. The molecule has 0 aliphatic carbocycles. The molecule has 122 valence electrons. The Morgan fingerprint density at radius 2 is 2.13 bits per heavy atom. The van der Waals surface area contributed by atoms with Crippen LogP contribution in [0.5, 0.6) is 0 Å². The molecule has 0 radical (unpaired) electrons. The first-order valence-corrected chi connectivity index (χ1v) is 7.13. The molecular formula is C15H15F3N4O. The molecule has 1 amide bonds. The Kier molecular flexibility index (Phi) is 3.85. The van der Waals surface area contributed by atoms with E-state index in [4.69, 9.17) is 0 Å². The zero-order valence-electron chi connectivity index (χ0n) is 12.3. The highest BCUT2D eigenvalue weighted by atomic mass is 19.4. The summed E-state index contributed by atoms with van der Waals surface area (Å²) in [6, 6.07) is 3.71. The molecule has 1 aliphatic heterocycles. The van der Waals surface area contributed by atoms with Gasteiger partial charge < -0.3 is 10.6 Å². The van der Waals surface area contributed by atoms with Gasteiger partial charge in [-0.05, 0) is 24.6 Å². The molecule has 8 heteroatoms. The van der Waals surface area contributed by atoms with Gasteiger partial charge in [-0.3, -0.25) is 9.89 Å². The van der Waals surface area contributed by atoms with Crippen molar-refractivity contribution in [3.8, 4) is 0 Å². The number of amides is 1. The Labute approximate surface area is 130 Å². The van der Waals surface area contributed by atoms with E-state index < -0.39 is 17.6 Å². The van der Waals surface area contributed by atoms with Gasteiger partial charge >= 0.3 is 6.18 Å². The number of aromatic nitrogens is 2. The maximum absolute atomic E-state index is 12.9. The topological polar surface area (TPSA) is 69.8 Å². The third-order valence-corrected chi connectivity index (χ3v) is 3.91. The molecule has 0 atom stereocenters. The minimum Gasteiger partial charge on any atom is -0.320 e. The van der Waals surface area contributed by atoms with Crippen LogP contribution in [0.3, 0.4) is 0 Å². The number of nitrogens with one attached hydrogen (secondary N) is 3. The van der Waals surface area contributed by atoms with Crippen molar-refractivity contribution in [3.05, 3.63) is 46.3 Å². The van der Waals surface area contributed by atoms with Crippen molar-refractivity contribution < 1.29 is 18.0 Å². The van der Waals surface area contributed by atoms with Gasteiger partial charge in [0.15, 0.2) is 5.69 Å². The van der Waals surface area contributed by atoms with Crippen molar-refractivity contribution >= 4 is 11.6 Å². The first-order valence-electron chi connectivity index (χ1n) is 7.13. The van der Waals surface area contributed by atoms with Crippen LogP contribution in [0.4, 0.5) is 18.9 Å². The molecule has 0 bridgehead atoms. The number of H-pyrrole nitrogens is 1. The van der Waals surface area contributed by atoms with Crippen LogP contribution in [0.2, 0.25) is 0 Å². The fourth-order valence-corrected chi connectivity index (χ4v) is 2.67. The maximum Gasteiger partial charge on any atom is 0.416 e. The van der Waals surface area contributed by atoms with Crippen LogP contribution in [-0.2, 0) is 19.1 Å². The fourth-order valence-electron chi connectivity index (χ4n) is 2.67. The molecular weight excluding hydrogens is 309 g/mol. The SMILES string of the molecule is Cc1c(NC(=O)c2n[nH]c3c2CNCC3)cccc1C(F)(F)F. The average molecular weight is 324 g/mol. The highest BCUT2D eigenvalue weighted by Gasteiger charge is 2.33. The lowest BCUT2D eigenvalue weighted by Gasteiger charge is -2.15. The van der Waals surface area contributed by atoms with Gasteiger partial charge in [0.2, 0.25) is 0 Å². The van der Waals surface area contributed by atoms with E-state index in [1.807, 2.05) is 0 Å². The molecule has 2 aromatic rings. The first kappa shape index (κ1) is 15.5. The molecule has 1 aliphatic rings. The van der Waals surface area contributed by atoms with Crippen molar-refractivity contribution in [2.75, 3.05) is 11.9 Å². The number of fused-ring (bicyclic) bond motifs is 1. The monoisotopic (exact) mass is 324 g/mol. The molecule has 3 rings (SSSR count). The van der Waals surface area contributed by atoms with Crippen LogP contribution in [0.15, 0.2) is 18.2 Å². The van der Waals surface area contributed by atoms with E-state index >= 15 is 0 Å². The Morgan fingerprint density at radius 3 is 2.87 bits per heavy atom. The van der Waals surface area contributed by atoms with Crippen LogP contribution in [0.25, 0.3) is 0 Å². The van der Waals surface area contributed by atoms with E-state index in [1.165, 1.54) is 19.1 Å². The lowest BCUT2D eigenvalue weighted by atomic mass is 10.0. The van der Waals surface area contributed by atoms with Crippen LogP contribution in [0, 0.1) is 6.92 Å². The number of nitrogens with zero attached hydrogens (tertiary/aromatic N) is 1. The van der Waals surface area contributed by atoms with Gasteiger partial charge in [0.1, 0.15) is 0 Å². The average Bonchev–Trinajstić information content (AvgIpc) is 2.92. The highest BCUT2D eigenvalue weighted by Crippen LogP contribution is 2.34. The van der Waals surface area contributed by atoms with Crippen LogP contribution >= 0.6 is 0 Å². The summed E-state index contributed by atoms with van der Waals surface area (Å²) in [5.41, 5.74) is 1.21. The van der Waals surface area contributed by atoms with Crippen molar-refractivity contribution in [2.24, 2.45) is 0 Å². The van der Waals surface area contributed by atoms with E-state index in [0.717, 1.165) is 30.3 Å². The van der Waals surface area contributed by atoms with Crippen molar-refractivity contribution in [3.63, 3.8) is 0 Å². The number of anilines is 1. The summed E-state index contributed by atoms with van der Waals surface area (Å²) in [7, 11) is 0. The molecule has 1 aromatic carbocycles. The molecule has 3 N–H and O–H groups in total. The van der Waals surface area contributed by atoms with E-state index in [0.29, 0.717) is 6.54 Å². The van der Waals surface area contributed by atoms with E-state index in [1.54, 1.807) is 0 Å². The van der Waals surface area contributed by atoms with E-state index in [-0.39, 0.29) is 16.9 Å². The summed E-state index contributed by atoms with van der Waals surface area (Å²) in [6.07, 6.45) is -3.72. The molecule has 5 nitrogen and oxygen atoms in total. The third-order valence-electron chi connectivity index (χ3n) is 3.91. The molecule has 0 saturated heterocycles. The minimum atomic E-state index is -4.46. The number of carbonyl (C=O) groups excluding carboxylic acids is 1. The summed E-state index contributed by atoms with van der Waals surface area (Å²) in [5.74, 6) is -0.520. The molecule has 0 unspecified atom stereocenters. The fraction of sp³-hybridized carbons (Fsp3) is 0.333. The summed E-state index contributed by atoms with van der Waals surface area (Å²) in [6.45, 7) is 2.64. The number of hydrogen-bond donors (Lipinski definition) is 3. The molecule has 0 fully saturated rings. The number of carbonyl (C=O) groups is 1. The molecule has 0 saturated carbocycles. The minimum absolute atomic E-state index is 0.0177. The van der Waals surface area contributed by atoms with E-state index in [9.17, 15) is 18.0 Å². The predicted molar refractivity (Wildman–Crippen MR) is 78.1 cm³/mol. The predicted octanol–water partition coefficient (Wildman–Crippen LogP) is 2.63. The van der Waals surface area contributed by atoms with Gasteiger partial charge in [-0.2, -0.15) is 18.3 Å². The van der Waals surface area contributed by atoms with Crippen LogP contribution in [-0.4, -0.2) is 22.6 Å². The van der Waals surface area contributed by atoms with Gasteiger partial charge in [-0.15, -0.1) is 0 Å². The van der Waals surface area contributed by atoms with Gasteiger partial charge in [0, 0.05) is 36.5 Å². The number of alkyl halides is 3. The summed E-state index contributed by atoms with van der Waals surface area (Å²) in [5, 5.41) is 12.5. The molecule has 2 heterocycles. The molecule has 0 spiro atoms. The Morgan fingerprint density at radius 1 is 1.35 bits per heavy atom. The normalized spacial score (nSPS) is 14.4. The second-order valence-corrected chi connectivity index (χ2v) is 5.39. The van der Waals surface area contributed by atoms with Crippen molar-refractivity contribution in [2.45, 2.75) is 26.1 Å². The summed E-state index contributed by atoms with van der Waals surface area (Å²) >= 11 is 0. The van der Waals surface area contributed by atoms with Gasteiger partial charge in [0.25, 0.3) is 5.91 Å². The lowest BCUT2D eigenvalue weighted by molar-refractivity contribution is -0.138. The Hall–Kier alpha value is -2.35. The largest absolute Gasteiger partial charge is 0.416 e. The quantitative estimate of drug-likeness (QED) is 0.795. The van der Waals surface area contributed by atoms with Crippen molar-refractivity contribution in [1.82, 2.24) is 15.5 Å². The van der Waals surface area contributed by atoms with Crippen molar-refractivity contribution in [1.29, 1.82) is 0 Å². The zero-order chi connectivity index (χ0) is 16.6. The third kappa shape index (κ3) is 2.94. The summed E-state index contributed by atoms with van der Waals surface area (Å²) in [4.78, 5) is 12.4. The standard InChI is InChI=1S/C15H15F3N4O/c1-8-10(15(16,17)18)3-2-4-11(8)20-14(23)13-9-7-19-6-5-12(9)21-22-13/h2-4,19H,5-7H2,1H3,(H,20,23)(H,21,22). The second kappa shape index (κ2) is 5.69. The Balaban J connectivity index is 1.88. The van der Waals surface area contributed by atoms with Crippen LogP contribution < -0.4 is 10.6 Å². The zero-order valence-corrected chi connectivity index (χ0v) is 12.3. The van der Waals surface area contributed by atoms with E-state index in [2.05, 4.69) is 20.8 Å². The number of halogens is 3.